The number of fused-ring (bicyclic) bond motifs is 7. The second kappa shape index (κ2) is 12.9. The van der Waals surface area contributed by atoms with Crippen molar-refractivity contribution in [3.8, 4) is 33.4 Å². The molecule has 55 heavy (non-hydrogen) atoms. The SMILES string of the molecule is c1cc(-c2cccc3ccccc23)cc(N(c2cccc(-c3cccc4oc5ccccc5c34)c2)c2cccc(-c3cccc4sc5ccccc5c34)c2)c1. The number of para-hydroxylation sites is 1. The van der Waals surface area contributed by atoms with Crippen molar-refractivity contribution in [3.63, 3.8) is 0 Å². The van der Waals surface area contributed by atoms with Gasteiger partial charge in [-0.25, -0.2) is 0 Å². The van der Waals surface area contributed by atoms with Gasteiger partial charge in [-0.1, -0.05) is 140 Å². The molecule has 0 aliphatic heterocycles. The van der Waals surface area contributed by atoms with E-state index in [1.807, 2.05) is 23.5 Å². The van der Waals surface area contributed by atoms with E-state index in [2.05, 4.69) is 193 Å². The molecule has 0 saturated carbocycles. The Kier molecular flexibility index (Phi) is 7.39. The minimum Gasteiger partial charge on any atom is -0.456 e. The van der Waals surface area contributed by atoms with Crippen molar-refractivity contribution in [2.45, 2.75) is 0 Å². The quantitative estimate of drug-likeness (QED) is 0.170. The predicted octanol–water partition coefficient (Wildman–Crippen LogP) is 15.6. The molecule has 0 fully saturated rings. The maximum absolute atomic E-state index is 6.31. The van der Waals surface area contributed by atoms with Crippen LogP contribution >= 0.6 is 11.3 Å². The lowest BCUT2D eigenvalue weighted by Gasteiger charge is -2.27. The molecule has 0 spiro atoms. The fourth-order valence-corrected chi connectivity index (χ4v) is 9.52. The minimum atomic E-state index is 0.895. The Morgan fingerprint density at radius 3 is 1.58 bits per heavy atom. The van der Waals surface area contributed by atoms with Gasteiger partial charge in [-0.15, -0.1) is 11.3 Å². The fourth-order valence-electron chi connectivity index (χ4n) is 8.39. The monoisotopic (exact) mass is 719 g/mol. The molecular weight excluding hydrogens is 687 g/mol. The number of hydrogen-bond acceptors (Lipinski definition) is 3. The molecule has 0 amide bonds. The fraction of sp³-hybridized carbons (Fsp3) is 0. The van der Waals surface area contributed by atoms with E-state index < -0.39 is 0 Å². The number of anilines is 3. The summed E-state index contributed by atoms with van der Waals surface area (Å²) in [6.07, 6.45) is 0. The first-order chi connectivity index (χ1) is 27.3. The summed E-state index contributed by atoms with van der Waals surface area (Å²) in [7, 11) is 0. The summed E-state index contributed by atoms with van der Waals surface area (Å²) in [5, 5.41) is 7.36. The van der Waals surface area contributed by atoms with Gasteiger partial charge in [0.05, 0.1) is 0 Å². The summed E-state index contributed by atoms with van der Waals surface area (Å²) in [5.74, 6) is 0. The van der Waals surface area contributed by atoms with Crippen LogP contribution in [-0.4, -0.2) is 0 Å². The van der Waals surface area contributed by atoms with Gasteiger partial charge in [0, 0.05) is 48.0 Å². The second-order valence-electron chi connectivity index (χ2n) is 14.1. The summed E-state index contributed by atoms with van der Waals surface area (Å²) in [5.41, 5.74) is 12.2. The number of benzene rings is 9. The van der Waals surface area contributed by atoms with Gasteiger partial charge in [-0.2, -0.15) is 0 Å². The van der Waals surface area contributed by atoms with Crippen LogP contribution in [0.2, 0.25) is 0 Å². The molecule has 2 nitrogen and oxygen atoms in total. The molecule has 0 saturated heterocycles. The van der Waals surface area contributed by atoms with E-state index in [9.17, 15) is 0 Å². The zero-order valence-electron chi connectivity index (χ0n) is 29.8. The van der Waals surface area contributed by atoms with Crippen LogP contribution in [0.15, 0.2) is 205 Å². The average Bonchev–Trinajstić information content (AvgIpc) is 3.83. The van der Waals surface area contributed by atoms with Gasteiger partial charge in [-0.3, -0.25) is 0 Å². The third kappa shape index (κ3) is 5.32. The first-order valence-corrected chi connectivity index (χ1v) is 19.5. The summed E-state index contributed by atoms with van der Waals surface area (Å²) < 4.78 is 8.93. The second-order valence-corrected chi connectivity index (χ2v) is 15.2. The summed E-state index contributed by atoms with van der Waals surface area (Å²) in [6.45, 7) is 0. The van der Waals surface area contributed by atoms with Crippen molar-refractivity contribution in [3.05, 3.63) is 200 Å². The van der Waals surface area contributed by atoms with Crippen LogP contribution < -0.4 is 4.90 Å². The lowest BCUT2D eigenvalue weighted by atomic mass is 9.96. The van der Waals surface area contributed by atoms with Gasteiger partial charge < -0.3 is 9.32 Å². The van der Waals surface area contributed by atoms with E-state index >= 15 is 0 Å². The van der Waals surface area contributed by atoms with Gasteiger partial charge >= 0.3 is 0 Å². The average molecular weight is 720 g/mol. The maximum Gasteiger partial charge on any atom is 0.136 e. The molecule has 9 aromatic carbocycles. The molecular formula is C52H33NOS. The van der Waals surface area contributed by atoms with Crippen molar-refractivity contribution >= 4 is 81.3 Å². The number of furan rings is 1. The van der Waals surface area contributed by atoms with Gasteiger partial charge in [0.2, 0.25) is 0 Å². The molecule has 0 aliphatic rings. The highest BCUT2D eigenvalue weighted by molar-refractivity contribution is 7.25. The minimum absolute atomic E-state index is 0.895. The largest absolute Gasteiger partial charge is 0.456 e. The molecule has 0 bridgehead atoms. The Morgan fingerprint density at radius 2 is 0.836 bits per heavy atom. The zero-order chi connectivity index (χ0) is 36.3. The maximum atomic E-state index is 6.31. The predicted molar refractivity (Wildman–Crippen MR) is 235 cm³/mol. The van der Waals surface area contributed by atoms with E-state index in [1.165, 1.54) is 53.2 Å². The first kappa shape index (κ1) is 31.6. The number of thiophene rings is 1. The van der Waals surface area contributed by atoms with Crippen molar-refractivity contribution in [2.24, 2.45) is 0 Å². The molecule has 3 heteroatoms. The summed E-state index contributed by atoms with van der Waals surface area (Å²) in [4.78, 5) is 2.40. The van der Waals surface area contributed by atoms with E-state index in [-0.39, 0.29) is 0 Å². The normalized spacial score (nSPS) is 11.6. The number of nitrogens with zero attached hydrogens (tertiary/aromatic N) is 1. The van der Waals surface area contributed by atoms with E-state index in [4.69, 9.17) is 4.42 Å². The van der Waals surface area contributed by atoms with Crippen LogP contribution in [0.25, 0.3) is 86.3 Å². The molecule has 0 unspecified atom stereocenters. The lowest BCUT2D eigenvalue weighted by molar-refractivity contribution is 0.669. The number of rotatable bonds is 6. The van der Waals surface area contributed by atoms with Gasteiger partial charge in [0.15, 0.2) is 0 Å². The van der Waals surface area contributed by atoms with Crippen molar-refractivity contribution in [2.75, 3.05) is 4.90 Å². The lowest BCUT2D eigenvalue weighted by Crippen LogP contribution is -2.10. The molecule has 258 valence electrons. The molecule has 0 N–H and O–H groups in total. The van der Waals surface area contributed by atoms with Crippen molar-refractivity contribution in [1.29, 1.82) is 0 Å². The smallest absolute Gasteiger partial charge is 0.136 e. The van der Waals surface area contributed by atoms with E-state index in [0.717, 1.165) is 50.1 Å². The van der Waals surface area contributed by atoms with E-state index in [0.29, 0.717) is 0 Å². The number of hydrogen-bond donors (Lipinski definition) is 0. The van der Waals surface area contributed by atoms with Crippen molar-refractivity contribution in [1.82, 2.24) is 0 Å². The third-order valence-corrected chi connectivity index (χ3v) is 12.0. The third-order valence-electron chi connectivity index (χ3n) is 10.8. The Hall–Kier alpha value is -6.94. The summed E-state index contributed by atoms with van der Waals surface area (Å²) >= 11 is 1.86. The van der Waals surface area contributed by atoms with Crippen LogP contribution in [0, 0.1) is 0 Å². The highest BCUT2D eigenvalue weighted by Crippen LogP contribution is 2.44. The molecule has 11 rings (SSSR count). The Bertz CT molecular complexity index is 3080. The molecule has 11 aromatic rings. The van der Waals surface area contributed by atoms with E-state index in [1.54, 1.807) is 0 Å². The van der Waals surface area contributed by atoms with Crippen LogP contribution in [-0.2, 0) is 0 Å². The molecule has 0 atom stereocenters. The molecule has 0 aliphatic carbocycles. The van der Waals surface area contributed by atoms with Gasteiger partial charge in [-0.05, 0) is 105 Å². The Labute approximate surface area is 322 Å². The van der Waals surface area contributed by atoms with Crippen LogP contribution in [0.1, 0.15) is 0 Å². The first-order valence-electron chi connectivity index (χ1n) is 18.7. The van der Waals surface area contributed by atoms with Crippen molar-refractivity contribution < 1.29 is 4.42 Å². The van der Waals surface area contributed by atoms with Crippen LogP contribution in [0.5, 0.6) is 0 Å². The molecule has 2 heterocycles. The highest BCUT2D eigenvalue weighted by atomic mass is 32.1. The summed E-state index contributed by atoms with van der Waals surface area (Å²) in [6, 6.07) is 72.3. The standard InChI is InChI=1S/C52H33NOS/c1-2-21-41-34(13-1)14-10-24-42(41)35-15-7-18-38(31-35)53(39-19-8-16-36(32-39)43-25-11-28-48-51(43)45-22-3-5-27-47(45)54-48)40-20-9-17-37(33-40)44-26-12-30-50-52(44)46-23-4-6-29-49(46)55-50/h1-33H. The topological polar surface area (TPSA) is 16.4 Å². The van der Waals surface area contributed by atoms with Crippen LogP contribution in [0.3, 0.4) is 0 Å². The Balaban J connectivity index is 1.12. The molecule has 2 aromatic heterocycles. The zero-order valence-corrected chi connectivity index (χ0v) is 30.6. The Morgan fingerprint density at radius 1 is 0.345 bits per heavy atom. The van der Waals surface area contributed by atoms with Gasteiger partial charge in [0.1, 0.15) is 11.2 Å². The molecule has 0 radical (unpaired) electrons. The van der Waals surface area contributed by atoms with Gasteiger partial charge in [0.25, 0.3) is 0 Å². The van der Waals surface area contributed by atoms with Crippen LogP contribution in [0.4, 0.5) is 17.1 Å². The highest BCUT2D eigenvalue weighted by Gasteiger charge is 2.19.